The molecule has 0 spiro atoms. The van der Waals surface area contributed by atoms with Crippen LogP contribution in [0.4, 0.5) is 10.5 Å². The summed E-state index contributed by atoms with van der Waals surface area (Å²) in [7, 11) is 0. The summed E-state index contributed by atoms with van der Waals surface area (Å²) in [5.41, 5.74) is 4.20. The van der Waals surface area contributed by atoms with Crippen LogP contribution in [0.2, 0.25) is 0 Å². The molecule has 2 heterocycles. The topological polar surface area (TPSA) is 85.5 Å². The van der Waals surface area contributed by atoms with Gasteiger partial charge in [0.1, 0.15) is 17.9 Å². The third-order valence-electron chi connectivity index (χ3n) is 6.40. The van der Waals surface area contributed by atoms with Gasteiger partial charge in [0, 0.05) is 29.6 Å². The molecule has 1 unspecified atom stereocenters. The zero-order chi connectivity index (χ0) is 22.8. The highest BCUT2D eigenvalue weighted by atomic mass is 16.6. The molecule has 2 aromatic carbocycles. The predicted molar refractivity (Wildman–Crippen MR) is 125 cm³/mol. The molecule has 2 fully saturated rings. The SMILES string of the molecule is CCOc1ccc2c(C#N)c(-c3ccc(NC(=O)OC4CCOC4)cc3)n(C3CCC3)c2c1. The molecule has 1 saturated heterocycles. The molecule has 1 amide bonds. The fourth-order valence-electron chi connectivity index (χ4n) is 4.58. The lowest BCUT2D eigenvalue weighted by molar-refractivity contribution is 0.0932. The third kappa shape index (κ3) is 4.14. The van der Waals surface area contributed by atoms with Gasteiger partial charge in [0.05, 0.1) is 36.6 Å². The molecule has 7 nitrogen and oxygen atoms in total. The standard InChI is InChI=1S/C26H27N3O4/c1-2-32-20-10-11-22-23(15-27)25(29(24(22)14-20)19-4-3-5-19)17-6-8-18(9-7-17)28-26(30)33-21-12-13-31-16-21/h6-11,14,19,21H,2-5,12-13,16H2,1H3,(H,28,30). The van der Waals surface area contributed by atoms with Gasteiger partial charge in [-0.25, -0.2) is 4.79 Å². The first-order valence-corrected chi connectivity index (χ1v) is 11.5. The molecule has 33 heavy (non-hydrogen) atoms. The smallest absolute Gasteiger partial charge is 0.411 e. The van der Waals surface area contributed by atoms with Gasteiger partial charge >= 0.3 is 6.09 Å². The highest BCUT2D eigenvalue weighted by Crippen LogP contribution is 2.43. The fourth-order valence-corrected chi connectivity index (χ4v) is 4.58. The van der Waals surface area contributed by atoms with Crippen molar-refractivity contribution < 1.29 is 19.0 Å². The zero-order valence-electron chi connectivity index (χ0n) is 18.7. The van der Waals surface area contributed by atoms with Crippen LogP contribution >= 0.6 is 0 Å². The number of rotatable bonds is 6. The number of nitrogens with one attached hydrogen (secondary N) is 1. The minimum absolute atomic E-state index is 0.192. The number of carbonyl (C=O) groups excluding carboxylic acids is 1. The average molecular weight is 446 g/mol. The normalized spacial score (nSPS) is 18.0. The molecular weight excluding hydrogens is 418 g/mol. The van der Waals surface area contributed by atoms with Gasteiger partial charge in [-0.05, 0) is 56.0 Å². The Hall–Kier alpha value is -3.50. The Kier molecular flexibility index (Phi) is 5.93. The molecule has 1 saturated carbocycles. The third-order valence-corrected chi connectivity index (χ3v) is 6.40. The Bertz CT molecular complexity index is 1200. The van der Waals surface area contributed by atoms with Crippen LogP contribution in [0.3, 0.4) is 0 Å². The molecule has 0 radical (unpaired) electrons. The number of nitrogens with zero attached hydrogens (tertiary/aromatic N) is 2. The fraction of sp³-hybridized carbons (Fsp3) is 0.385. The van der Waals surface area contributed by atoms with E-state index in [2.05, 4.69) is 16.0 Å². The van der Waals surface area contributed by atoms with Gasteiger partial charge < -0.3 is 18.8 Å². The van der Waals surface area contributed by atoms with E-state index in [-0.39, 0.29) is 6.10 Å². The van der Waals surface area contributed by atoms with E-state index in [0.717, 1.165) is 47.2 Å². The maximum absolute atomic E-state index is 12.2. The Morgan fingerprint density at radius 2 is 2.03 bits per heavy atom. The van der Waals surface area contributed by atoms with Gasteiger partial charge in [0.25, 0.3) is 0 Å². The van der Waals surface area contributed by atoms with Crippen molar-refractivity contribution in [3.8, 4) is 23.1 Å². The van der Waals surface area contributed by atoms with Crippen LogP contribution in [0.15, 0.2) is 42.5 Å². The van der Waals surface area contributed by atoms with Gasteiger partial charge in [-0.1, -0.05) is 12.1 Å². The Balaban J connectivity index is 1.48. The molecule has 170 valence electrons. The molecule has 2 aliphatic rings. The highest BCUT2D eigenvalue weighted by Gasteiger charge is 2.28. The largest absolute Gasteiger partial charge is 0.494 e. The predicted octanol–water partition coefficient (Wildman–Crippen LogP) is 5.64. The molecule has 1 aromatic heterocycles. The summed E-state index contributed by atoms with van der Waals surface area (Å²) in [6.45, 7) is 3.63. The molecule has 1 aliphatic carbocycles. The average Bonchev–Trinajstić information content (AvgIpc) is 3.39. The minimum atomic E-state index is -0.483. The number of carbonyl (C=O) groups is 1. The van der Waals surface area contributed by atoms with Gasteiger partial charge in [0.2, 0.25) is 0 Å². The number of hydrogen-bond donors (Lipinski definition) is 1. The maximum Gasteiger partial charge on any atom is 0.411 e. The van der Waals surface area contributed by atoms with E-state index < -0.39 is 6.09 Å². The maximum atomic E-state index is 12.2. The second kappa shape index (κ2) is 9.16. The van der Waals surface area contributed by atoms with E-state index >= 15 is 0 Å². The second-order valence-corrected chi connectivity index (χ2v) is 8.50. The molecule has 1 atom stereocenters. The summed E-state index contributed by atoms with van der Waals surface area (Å²) in [5.74, 6) is 0.810. The number of amides is 1. The summed E-state index contributed by atoms with van der Waals surface area (Å²) in [4.78, 5) is 12.2. The van der Waals surface area contributed by atoms with E-state index in [9.17, 15) is 10.1 Å². The summed E-state index contributed by atoms with van der Waals surface area (Å²) in [5, 5.41) is 13.8. The van der Waals surface area contributed by atoms with Crippen molar-refractivity contribution in [2.45, 2.75) is 44.8 Å². The number of hydrogen-bond acceptors (Lipinski definition) is 5. The summed E-state index contributed by atoms with van der Waals surface area (Å²) >= 11 is 0. The first kappa shape index (κ1) is 21.4. The number of benzene rings is 2. The highest BCUT2D eigenvalue weighted by molar-refractivity contribution is 5.96. The van der Waals surface area contributed by atoms with Crippen molar-refractivity contribution in [3.05, 3.63) is 48.0 Å². The Morgan fingerprint density at radius 1 is 1.21 bits per heavy atom. The Labute approximate surface area is 192 Å². The van der Waals surface area contributed by atoms with E-state index in [4.69, 9.17) is 14.2 Å². The van der Waals surface area contributed by atoms with E-state index in [0.29, 0.717) is 37.1 Å². The molecule has 3 aromatic rings. The zero-order valence-corrected chi connectivity index (χ0v) is 18.7. The van der Waals surface area contributed by atoms with Crippen LogP contribution in [0.5, 0.6) is 5.75 Å². The van der Waals surface area contributed by atoms with Crippen molar-refractivity contribution in [2.24, 2.45) is 0 Å². The summed E-state index contributed by atoms with van der Waals surface area (Å²) < 4.78 is 18.7. The number of anilines is 1. The van der Waals surface area contributed by atoms with E-state index in [1.165, 1.54) is 6.42 Å². The van der Waals surface area contributed by atoms with Crippen LogP contribution in [0.25, 0.3) is 22.2 Å². The molecule has 1 aliphatic heterocycles. The van der Waals surface area contributed by atoms with Crippen molar-refractivity contribution >= 4 is 22.7 Å². The van der Waals surface area contributed by atoms with Gasteiger partial charge in [-0.3, -0.25) is 5.32 Å². The van der Waals surface area contributed by atoms with Crippen LogP contribution in [-0.2, 0) is 9.47 Å². The van der Waals surface area contributed by atoms with E-state index in [1.807, 2.05) is 49.4 Å². The van der Waals surface area contributed by atoms with Crippen LogP contribution in [-0.4, -0.2) is 36.6 Å². The minimum Gasteiger partial charge on any atom is -0.494 e. The monoisotopic (exact) mass is 445 g/mol. The number of ether oxygens (including phenoxy) is 3. The van der Waals surface area contributed by atoms with Gasteiger partial charge in [0.15, 0.2) is 0 Å². The van der Waals surface area contributed by atoms with E-state index in [1.54, 1.807) is 0 Å². The lowest BCUT2D eigenvalue weighted by Gasteiger charge is -2.30. The van der Waals surface area contributed by atoms with Gasteiger partial charge in [-0.15, -0.1) is 0 Å². The first-order chi connectivity index (χ1) is 16.2. The van der Waals surface area contributed by atoms with Crippen LogP contribution in [0, 0.1) is 11.3 Å². The lowest BCUT2D eigenvalue weighted by Crippen LogP contribution is -2.22. The van der Waals surface area contributed by atoms with Crippen LogP contribution < -0.4 is 10.1 Å². The summed E-state index contributed by atoms with van der Waals surface area (Å²) in [6, 6.07) is 16.3. The Morgan fingerprint density at radius 3 is 2.67 bits per heavy atom. The van der Waals surface area contributed by atoms with Crippen molar-refractivity contribution in [1.29, 1.82) is 5.26 Å². The number of aromatic nitrogens is 1. The molecule has 0 bridgehead atoms. The first-order valence-electron chi connectivity index (χ1n) is 11.5. The molecular formula is C26H27N3O4. The summed E-state index contributed by atoms with van der Waals surface area (Å²) in [6.07, 6.45) is 3.42. The quantitative estimate of drug-likeness (QED) is 0.531. The van der Waals surface area contributed by atoms with Crippen molar-refractivity contribution in [1.82, 2.24) is 4.57 Å². The van der Waals surface area contributed by atoms with Gasteiger partial charge in [-0.2, -0.15) is 5.26 Å². The lowest BCUT2D eigenvalue weighted by atomic mass is 9.92. The molecule has 1 N–H and O–H groups in total. The number of fused-ring (bicyclic) bond motifs is 1. The van der Waals surface area contributed by atoms with Crippen molar-refractivity contribution in [3.63, 3.8) is 0 Å². The molecule has 5 rings (SSSR count). The van der Waals surface area contributed by atoms with Crippen molar-refractivity contribution in [2.75, 3.05) is 25.1 Å². The van der Waals surface area contributed by atoms with Crippen LogP contribution in [0.1, 0.15) is 44.2 Å². The second-order valence-electron chi connectivity index (χ2n) is 8.50. The number of nitriles is 1. The molecule has 7 heteroatoms.